The molecule has 0 aromatic rings. The third kappa shape index (κ3) is 4.53. The molecule has 0 heterocycles. The molecule has 0 aliphatic heterocycles. The van der Waals surface area contributed by atoms with Crippen LogP contribution >= 0.6 is 0 Å². The Kier molecular flexibility index (Phi) is 4.51. The van der Waals surface area contributed by atoms with Crippen LogP contribution in [0.15, 0.2) is 0 Å². The van der Waals surface area contributed by atoms with Crippen molar-refractivity contribution in [2.75, 3.05) is 6.54 Å². The minimum atomic E-state index is -4.43. The Morgan fingerprint density at radius 3 is 2.08 bits per heavy atom. The van der Waals surface area contributed by atoms with E-state index < -0.39 is 24.9 Å². The average Bonchev–Trinajstić information content (AvgIpc) is 1.83. The van der Waals surface area contributed by atoms with Crippen molar-refractivity contribution in [2.45, 2.75) is 31.9 Å². The van der Waals surface area contributed by atoms with Crippen molar-refractivity contribution >= 4 is 0 Å². The number of aliphatic hydroxyl groups is 2. The summed E-state index contributed by atoms with van der Waals surface area (Å²) in [5, 5.41) is 18.8. The smallest absolute Gasteiger partial charge is 0.368 e. The van der Waals surface area contributed by atoms with Crippen LogP contribution < -0.4 is 5.32 Å². The van der Waals surface area contributed by atoms with Crippen LogP contribution in [0, 0.1) is 0 Å². The van der Waals surface area contributed by atoms with Crippen molar-refractivity contribution in [2.24, 2.45) is 0 Å². The van der Waals surface area contributed by atoms with Crippen molar-refractivity contribution in [3.05, 3.63) is 0 Å². The zero-order valence-corrected chi connectivity index (χ0v) is 6.60. The van der Waals surface area contributed by atoms with Gasteiger partial charge in [0, 0.05) is 6.42 Å². The summed E-state index contributed by atoms with van der Waals surface area (Å²) in [4.78, 5) is 0. The second-order valence-electron chi connectivity index (χ2n) is 2.37. The quantitative estimate of drug-likeness (QED) is 0.552. The predicted molar refractivity (Wildman–Crippen MR) is 36.4 cm³/mol. The van der Waals surface area contributed by atoms with Crippen molar-refractivity contribution < 1.29 is 23.4 Å². The molecule has 0 aliphatic carbocycles. The van der Waals surface area contributed by atoms with Gasteiger partial charge in [0.2, 0.25) is 0 Å². The molecule has 0 rings (SSSR count). The molecule has 74 valence electrons. The summed E-state index contributed by atoms with van der Waals surface area (Å²) in [6.45, 7) is 1.65. The maximum Gasteiger partial charge on any atom is 0.404 e. The van der Waals surface area contributed by atoms with E-state index in [0.29, 0.717) is 0 Å². The molecule has 0 aromatic carbocycles. The van der Waals surface area contributed by atoms with E-state index in [0.717, 1.165) is 0 Å². The number of alkyl halides is 3. The number of hydrogen-bond donors (Lipinski definition) is 3. The number of nitrogens with one attached hydrogen (secondary N) is 1. The van der Waals surface area contributed by atoms with Gasteiger partial charge in [-0.1, -0.05) is 6.92 Å². The van der Waals surface area contributed by atoms with E-state index in [4.69, 9.17) is 10.2 Å². The van der Waals surface area contributed by atoms with Crippen LogP contribution in [0.25, 0.3) is 0 Å². The highest BCUT2D eigenvalue weighted by atomic mass is 19.4. The fourth-order valence-corrected chi connectivity index (χ4v) is 0.790. The van der Waals surface area contributed by atoms with Crippen molar-refractivity contribution in [3.63, 3.8) is 0 Å². The van der Waals surface area contributed by atoms with Gasteiger partial charge < -0.3 is 15.5 Å². The number of hydrogen-bond acceptors (Lipinski definition) is 3. The summed E-state index contributed by atoms with van der Waals surface area (Å²) in [7, 11) is 0. The fourth-order valence-electron chi connectivity index (χ4n) is 0.790. The second-order valence-corrected chi connectivity index (χ2v) is 2.37. The van der Waals surface area contributed by atoms with E-state index in [1.165, 1.54) is 6.92 Å². The monoisotopic (exact) mass is 187 g/mol. The SMILES string of the molecule is CCNC(CC(O)O)C(F)(F)F. The zero-order chi connectivity index (χ0) is 9.78. The van der Waals surface area contributed by atoms with Gasteiger partial charge in [0.15, 0.2) is 6.29 Å². The summed E-state index contributed by atoms with van der Waals surface area (Å²) in [6, 6.07) is -1.84. The summed E-state index contributed by atoms with van der Waals surface area (Å²) in [5.41, 5.74) is 0. The van der Waals surface area contributed by atoms with Crippen LogP contribution in [0.2, 0.25) is 0 Å². The largest absolute Gasteiger partial charge is 0.404 e. The summed E-state index contributed by atoms with van der Waals surface area (Å²) < 4.78 is 35.9. The molecule has 0 radical (unpaired) electrons. The topological polar surface area (TPSA) is 52.5 Å². The Bertz CT molecular complexity index is 126. The minimum absolute atomic E-state index is 0.136. The lowest BCUT2D eigenvalue weighted by Crippen LogP contribution is -2.44. The third-order valence-electron chi connectivity index (χ3n) is 1.29. The lowest BCUT2D eigenvalue weighted by atomic mass is 10.2. The second kappa shape index (κ2) is 4.64. The van der Waals surface area contributed by atoms with Gasteiger partial charge in [0.1, 0.15) is 6.04 Å². The van der Waals surface area contributed by atoms with Gasteiger partial charge in [-0.15, -0.1) is 0 Å². The lowest BCUT2D eigenvalue weighted by molar-refractivity contribution is -0.174. The van der Waals surface area contributed by atoms with Crippen LogP contribution in [-0.4, -0.2) is 35.3 Å². The lowest BCUT2D eigenvalue weighted by Gasteiger charge is -2.21. The maximum atomic E-state index is 12.0. The molecule has 0 saturated carbocycles. The number of aliphatic hydroxyl groups excluding tert-OH is 1. The van der Waals surface area contributed by atoms with Crippen LogP contribution in [-0.2, 0) is 0 Å². The van der Waals surface area contributed by atoms with E-state index in [9.17, 15) is 13.2 Å². The summed E-state index contributed by atoms with van der Waals surface area (Å²) in [6.07, 6.45) is -7.10. The maximum absolute atomic E-state index is 12.0. The molecule has 0 saturated heterocycles. The van der Waals surface area contributed by atoms with Gasteiger partial charge in [-0.2, -0.15) is 13.2 Å². The highest BCUT2D eigenvalue weighted by molar-refractivity contribution is 4.74. The van der Waals surface area contributed by atoms with Crippen LogP contribution in [0.3, 0.4) is 0 Å². The van der Waals surface area contributed by atoms with E-state index in [1.807, 2.05) is 0 Å². The Morgan fingerprint density at radius 2 is 1.83 bits per heavy atom. The van der Waals surface area contributed by atoms with Gasteiger partial charge in [0.25, 0.3) is 0 Å². The molecule has 12 heavy (non-hydrogen) atoms. The average molecular weight is 187 g/mol. The van der Waals surface area contributed by atoms with Gasteiger partial charge in [0.05, 0.1) is 0 Å². The van der Waals surface area contributed by atoms with Gasteiger partial charge in [-0.25, -0.2) is 0 Å². The van der Waals surface area contributed by atoms with Gasteiger partial charge in [-0.05, 0) is 6.54 Å². The van der Waals surface area contributed by atoms with Crippen molar-refractivity contribution in [1.82, 2.24) is 5.32 Å². The standard InChI is InChI=1S/C6H12F3NO2/c1-2-10-4(3-5(11)12)6(7,8)9/h4-5,10-12H,2-3H2,1H3. The van der Waals surface area contributed by atoms with E-state index in [1.54, 1.807) is 0 Å². The molecule has 3 N–H and O–H groups in total. The first kappa shape index (κ1) is 11.7. The van der Waals surface area contributed by atoms with Crippen LogP contribution in [0.4, 0.5) is 13.2 Å². The first-order chi connectivity index (χ1) is 5.38. The number of halogens is 3. The van der Waals surface area contributed by atoms with Crippen molar-refractivity contribution in [3.8, 4) is 0 Å². The third-order valence-corrected chi connectivity index (χ3v) is 1.29. The number of rotatable bonds is 4. The van der Waals surface area contributed by atoms with Crippen LogP contribution in [0.5, 0.6) is 0 Å². The molecule has 1 atom stereocenters. The van der Waals surface area contributed by atoms with E-state index in [-0.39, 0.29) is 6.54 Å². The Labute approximate surface area is 68.2 Å². The molecule has 6 heteroatoms. The Morgan fingerprint density at radius 1 is 1.33 bits per heavy atom. The Hall–Kier alpha value is -0.330. The Balaban J connectivity index is 4.04. The molecule has 3 nitrogen and oxygen atoms in total. The molecule has 1 unspecified atom stereocenters. The molecule has 0 spiro atoms. The van der Waals surface area contributed by atoms with E-state index in [2.05, 4.69) is 5.32 Å². The van der Waals surface area contributed by atoms with E-state index >= 15 is 0 Å². The van der Waals surface area contributed by atoms with Crippen molar-refractivity contribution in [1.29, 1.82) is 0 Å². The van der Waals surface area contributed by atoms with Crippen LogP contribution in [0.1, 0.15) is 13.3 Å². The summed E-state index contributed by atoms with van der Waals surface area (Å²) in [5.74, 6) is 0. The fraction of sp³-hybridized carbons (Fsp3) is 1.00. The molecular formula is C6H12F3NO2. The van der Waals surface area contributed by atoms with Gasteiger partial charge in [-0.3, -0.25) is 0 Å². The summed E-state index contributed by atoms with van der Waals surface area (Å²) >= 11 is 0. The first-order valence-electron chi connectivity index (χ1n) is 3.54. The zero-order valence-electron chi connectivity index (χ0n) is 6.60. The predicted octanol–water partition coefficient (Wildman–Crippen LogP) is 0.228. The highest BCUT2D eigenvalue weighted by Crippen LogP contribution is 2.22. The first-order valence-corrected chi connectivity index (χ1v) is 3.54. The van der Waals surface area contributed by atoms with Gasteiger partial charge >= 0.3 is 6.18 Å². The molecule has 0 fully saturated rings. The molecule has 0 aliphatic rings. The normalized spacial score (nSPS) is 15.2. The molecule has 0 aromatic heterocycles. The highest BCUT2D eigenvalue weighted by Gasteiger charge is 2.39. The molecular weight excluding hydrogens is 175 g/mol. The molecule has 0 amide bonds. The molecule has 0 bridgehead atoms. The minimum Gasteiger partial charge on any atom is -0.368 e.